The highest BCUT2D eigenvalue weighted by Crippen LogP contribution is 2.36. The smallest absolute Gasteiger partial charge is 0.306 e. The molecule has 1 fully saturated rings. The number of aryl methyl sites for hydroxylation is 1. The Morgan fingerprint density at radius 1 is 1.00 bits per heavy atom. The Labute approximate surface area is 214 Å². The number of nitro benzene ring substituents is 2. The summed E-state index contributed by atoms with van der Waals surface area (Å²) >= 11 is 0. The normalized spacial score (nSPS) is 13.3. The van der Waals surface area contributed by atoms with E-state index in [1.807, 2.05) is 13.8 Å². The van der Waals surface area contributed by atoms with Gasteiger partial charge in [0.1, 0.15) is 5.75 Å². The van der Waals surface area contributed by atoms with Crippen LogP contribution in [0.3, 0.4) is 0 Å². The number of rotatable bonds is 8. The van der Waals surface area contributed by atoms with Crippen LogP contribution in [0.5, 0.6) is 17.2 Å². The highest BCUT2D eigenvalue weighted by molar-refractivity contribution is 5.71. The number of aliphatic hydroxyl groups is 2. The lowest BCUT2D eigenvalue weighted by Crippen LogP contribution is -2.07. The number of carbonyl (C=O) groups excluding carboxylic acids is 1. The molecule has 1 heterocycles. The summed E-state index contributed by atoms with van der Waals surface area (Å²) < 4.78 is 19.8. The van der Waals surface area contributed by atoms with Crippen LogP contribution >= 0.6 is 0 Å². The number of nitro groups is 2. The predicted molar refractivity (Wildman–Crippen MR) is 134 cm³/mol. The van der Waals surface area contributed by atoms with Crippen LogP contribution in [0.4, 0.5) is 11.4 Å². The third-order valence-electron chi connectivity index (χ3n) is 4.83. The van der Waals surface area contributed by atoms with Gasteiger partial charge in [-0.2, -0.15) is 0 Å². The number of nitrogens with zero attached hydrogens (tertiary/aromatic N) is 2. The Bertz CT molecular complexity index is 1030. The van der Waals surface area contributed by atoms with Gasteiger partial charge in [0, 0.05) is 24.2 Å². The minimum Gasteiger partial charge on any atom is -0.493 e. The molecule has 1 saturated heterocycles. The van der Waals surface area contributed by atoms with Crippen LogP contribution in [0.25, 0.3) is 0 Å². The molecule has 2 aromatic carbocycles. The van der Waals surface area contributed by atoms with Crippen LogP contribution in [0.2, 0.25) is 0 Å². The zero-order valence-corrected chi connectivity index (χ0v) is 21.8. The van der Waals surface area contributed by atoms with E-state index in [1.54, 1.807) is 25.1 Å². The number of hydrogen-bond acceptors (Lipinski definition) is 11. The molecule has 0 aliphatic carbocycles. The Morgan fingerprint density at radius 2 is 1.57 bits per heavy atom. The van der Waals surface area contributed by atoms with E-state index in [2.05, 4.69) is 0 Å². The average molecular weight is 527 g/mol. The second kappa shape index (κ2) is 17.5. The summed E-state index contributed by atoms with van der Waals surface area (Å²) in [6.07, 6.45) is 0.675. The summed E-state index contributed by atoms with van der Waals surface area (Å²) in [5.74, 6) is 0.720. The standard InChI is InChI=1S/C13H15NO6.C8H9NO4.C2H6.CH4O/c1-18-11-5-9(3-8-4-13(15)20-7-8)10(14(16)17)6-12(11)19-2;1-6-2-3-7(13-5-10)4-8(6)9(11)12;2*1-2/h5-6,8H,3-4,7H2,1-2H3;2-4,10H,5H2,1H3;1-2H3;2H,1H3. The molecule has 1 aliphatic heterocycles. The van der Waals surface area contributed by atoms with Crippen LogP contribution in [-0.4, -0.2) is 60.8 Å². The van der Waals surface area contributed by atoms with E-state index in [4.69, 9.17) is 29.2 Å². The van der Waals surface area contributed by atoms with Crippen molar-refractivity contribution in [3.8, 4) is 17.2 Å². The molecular formula is C24H34N2O11. The third-order valence-corrected chi connectivity index (χ3v) is 4.83. The van der Waals surface area contributed by atoms with Gasteiger partial charge in [0.05, 0.1) is 49.2 Å². The molecule has 0 saturated carbocycles. The molecule has 2 aromatic rings. The van der Waals surface area contributed by atoms with E-state index in [0.29, 0.717) is 41.4 Å². The maximum absolute atomic E-state index is 11.1. The summed E-state index contributed by atoms with van der Waals surface area (Å²) in [6.45, 7) is 5.45. The highest BCUT2D eigenvalue weighted by atomic mass is 16.6. The van der Waals surface area contributed by atoms with Crippen LogP contribution in [-0.2, 0) is 16.0 Å². The van der Waals surface area contributed by atoms with Crippen LogP contribution in [0.1, 0.15) is 31.4 Å². The lowest BCUT2D eigenvalue weighted by Gasteiger charge is -2.12. The number of methoxy groups -OCH3 is 2. The van der Waals surface area contributed by atoms with Gasteiger partial charge >= 0.3 is 5.97 Å². The van der Waals surface area contributed by atoms with Crippen molar-refractivity contribution in [3.05, 3.63) is 61.7 Å². The van der Waals surface area contributed by atoms with Crippen LogP contribution in [0, 0.1) is 33.1 Å². The summed E-state index contributed by atoms with van der Waals surface area (Å²) in [6, 6.07) is 7.35. The molecule has 0 radical (unpaired) electrons. The molecule has 13 heteroatoms. The molecule has 206 valence electrons. The lowest BCUT2D eigenvalue weighted by molar-refractivity contribution is -0.385. The topological polar surface area (TPSA) is 181 Å². The lowest BCUT2D eigenvalue weighted by atomic mass is 9.97. The summed E-state index contributed by atoms with van der Waals surface area (Å²) in [5, 5.41) is 37.0. The molecule has 0 amide bonds. The molecule has 2 N–H and O–H groups in total. The second-order valence-electron chi connectivity index (χ2n) is 7.03. The van der Waals surface area contributed by atoms with Gasteiger partial charge < -0.3 is 29.2 Å². The highest BCUT2D eigenvalue weighted by Gasteiger charge is 2.28. The first-order valence-corrected chi connectivity index (χ1v) is 11.2. The number of esters is 1. The molecule has 1 aliphatic rings. The van der Waals surface area contributed by atoms with E-state index in [0.717, 1.165) is 7.11 Å². The van der Waals surface area contributed by atoms with E-state index in [1.165, 1.54) is 26.4 Å². The van der Waals surface area contributed by atoms with Crippen molar-refractivity contribution < 1.29 is 43.8 Å². The van der Waals surface area contributed by atoms with Crippen molar-refractivity contribution in [2.75, 3.05) is 34.7 Å². The summed E-state index contributed by atoms with van der Waals surface area (Å²) in [5.41, 5.74) is 1.03. The van der Waals surface area contributed by atoms with Gasteiger partial charge in [0.25, 0.3) is 11.4 Å². The third kappa shape index (κ3) is 10.3. The number of aliphatic hydroxyl groups excluding tert-OH is 2. The largest absolute Gasteiger partial charge is 0.493 e. The van der Waals surface area contributed by atoms with Gasteiger partial charge in [-0.15, -0.1) is 0 Å². The van der Waals surface area contributed by atoms with Crippen LogP contribution in [0.15, 0.2) is 30.3 Å². The van der Waals surface area contributed by atoms with E-state index < -0.39 is 16.6 Å². The van der Waals surface area contributed by atoms with Crippen molar-refractivity contribution in [1.82, 2.24) is 0 Å². The Kier molecular flexibility index (Phi) is 15.6. The number of cyclic esters (lactones) is 1. The van der Waals surface area contributed by atoms with Gasteiger partial charge in [0.2, 0.25) is 0 Å². The Hall–Kier alpha value is -3.97. The van der Waals surface area contributed by atoms with E-state index in [-0.39, 0.29) is 29.7 Å². The van der Waals surface area contributed by atoms with Gasteiger partial charge in [0.15, 0.2) is 18.3 Å². The molecule has 3 rings (SSSR count). The number of benzene rings is 2. The fraction of sp³-hybridized carbons (Fsp3) is 0.458. The molecule has 0 spiro atoms. The first kappa shape index (κ1) is 33.0. The molecule has 37 heavy (non-hydrogen) atoms. The first-order chi connectivity index (χ1) is 17.7. The SMILES string of the molecule is CC.CO.COc1cc(CC2COC(=O)C2)c([N+](=O)[O-])cc1OC.Cc1ccc(OCO)cc1[N+](=O)[O-]. The zero-order valence-electron chi connectivity index (χ0n) is 21.8. The minimum atomic E-state index is -0.487. The van der Waals surface area contributed by atoms with Crippen molar-refractivity contribution in [3.63, 3.8) is 0 Å². The summed E-state index contributed by atoms with van der Waals surface area (Å²) in [7, 11) is 3.89. The average Bonchev–Trinajstić information content (AvgIpc) is 3.31. The van der Waals surface area contributed by atoms with E-state index in [9.17, 15) is 25.0 Å². The first-order valence-electron chi connectivity index (χ1n) is 11.2. The van der Waals surface area contributed by atoms with Crippen LogP contribution < -0.4 is 14.2 Å². The number of ether oxygens (including phenoxy) is 4. The van der Waals surface area contributed by atoms with Gasteiger partial charge in [-0.05, 0) is 31.5 Å². The molecular weight excluding hydrogens is 492 g/mol. The fourth-order valence-corrected chi connectivity index (χ4v) is 3.20. The van der Waals surface area contributed by atoms with Gasteiger partial charge in [-0.25, -0.2) is 0 Å². The molecule has 1 unspecified atom stereocenters. The zero-order chi connectivity index (χ0) is 28.5. The molecule has 0 bridgehead atoms. The maximum atomic E-state index is 11.1. The Morgan fingerprint density at radius 3 is 2.03 bits per heavy atom. The Balaban J connectivity index is 0.000000660. The summed E-state index contributed by atoms with van der Waals surface area (Å²) in [4.78, 5) is 31.7. The fourth-order valence-electron chi connectivity index (χ4n) is 3.20. The maximum Gasteiger partial charge on any atom is 0.306 e. The second-order valence-corrected chi connectivity index (χ2v) is 7.03. The van der Waals surface area contributed by atoms with E-state index >= 15 is 0 Å². The van der Waals surface area contributed by atoms with Crippen molar-refractivity contribution in [1.29, 1.82) is 0 Å². The van der Waals surface area contributed by atoms with Crippen molar-refractivity contribution in [2.45, 2.75) is 33.6 Å². The quantitative estimate of drug-likeness (QED) is 0.222. The molecule has 1 atom stereocenters. The van der Waals surface area contributed by atoms with Crippen molar-refractivity contribution >= 4 is 17.3 Å². The molecule has 13 nitrogen and oxygen atoms in total. The van der Waals surface area contributed by atoms with Gasteiger partial charge in [-0.1, -0.05) is 13.8 Å². The number of hydrogen-bond donors (Lipinski definition) is 2. The van der Waals surface area contributed by atoms with Crippen molar-refractivity contribution in [2.24, 2.45) is 5.92 Å². The van der Waals surface area contributed by atoms with Gasteiger partial charge in [-0.3, -0.25) is 25.0 Å². The minimum absolute atomic E-state index is 0.00838. The molecule has 0 aromatic heterocycles. The number of carbonyl (C=O) groups is 1. The predicted octanol–water partition coefficient (Wildman–Crippen LogP) is 3.58. The monoisotopic (exact) mass is 526 g/mol.